The van der Waals surface area contributed by atoms with Gasteiger partial charge in [0, 0.05) is 25.0 Å². The molecule has 2 heterocycles. The van der Waals surface area contributed by atoms with Crippen LogP contribution in [0.1, 0.15) is 29.6 Å². The molecule has 1 fully saturated rings. The zero-order valence-electron chi connectivity index (χ0n) is 16.9. The van der Waals surface area contributed by atoms with Gasteiger partial charge in [0.25, 0.3) is 5.91 Å². The summed E-state index contributed by atoms with van der Waals surface area (Å²) >= 11 is 6.45. The van der Waals surface area contributed by atoms with Gasteiger partial charge in [0.05, 0.1) is 30.4 Å². The first-order valence-corrected chi connectivity index (χ1v) is 9.99. The van der Waals surface area contributed by atoms with Crippen molar-refractivity contribution in [2.24, 2.45) is 0 Å². The third-order valence-electron chi connectivity index (χ3n) is 4.99. The molecule has 1 aromatic rings. The number of carbonyl (C=O) groups excluding carboxylic acids is 3. The number of halogens is 1. The molecule has 1 aromatic carbocycles. The summed E-state index contributed by atoms with van der Waals surface area (Å²) in [4.78, 5) is 40.9. The molecule has 3 rings (SSSR count). The van der Waals surface area contributed by atoms with E-state index >= 15 is 0 Å². The number of ether oxygens (including phenoxy) is 2. The molecular weight excluding hydrogens is 408 g/mol. The lowest BCUT2D eigenvalue weighted by atomic mass is 10.1. The van der Waals surface area contributed by atoms with Gasteiger partial charge >= 0.3 is 11.9 Å². The van der Waals surface area contributed by atoms with Gasteiger partial charge in [0.15, 0.2) is 0 Å². The lowest BCUT2D eigenvalue weighted by Crippen LogP contribution is -2.35. The van der Waals surface area contributed by atoms with Crippen molar-refractivity contribution in [3.05, 3.63) is 64.5 Å². The van der Waals surface area contributed by atoms with Crippen LogP contribution in [0.2, 0.25) is 5.02 Å². The average molecular weight is 431 g/mol. The Morgan fingerprint density at radius 1 is 0.967 bits per heavy atom. The summed E-state index contributed by atoms with van der Waals surface area (Å²) in [5, 5.41) is 0.262. The minimum absolute atomic E-state index is 0.0134. The quantitative estimate of drug-likeness (QED) is 0.681. The summed E-state index contributed by atoms with van der Waals surface area (Å²) in [7, 11) is 2.46. The number of hydrogen-bond acceptors (Lipinski definition) is 6. The number of nitrogens with zero attached hydrogens (tertiary/aromatic N) is 2. The molecule has 0 aromatic heterocycles. The molecule has 0 spiro atoms. The first-order chi connectivity index (χ1) is 14.5. The van der Waals surface area contributed by atoms with E-state index in [2.05, 4.69) is 0 Å². The Bertz CT molecular complexity index is 945. The van der Waals surface area contributed by atoms with E-state index in [9.17, 15) is 14.4 Å². The van der Waals surface area contributed by atoms with E-state index in [4.69, 9.17) is 21.1 Å². The molecule has 0 N–H and O–H groups in total. The maximum atomic E-state index is 12.8. The van der Waals surface area contributed by atoms with Crippen molar-refractivity contribution in [1.29, 1.82) is 0 Å². The van der Waals surface area contributed by atoms with Crippen molar-refractivity contribution in [1.82, 2.24) is 4.90 Å². The normalized spacial score (nSPS) is 16.4. The predicted octanol–water partition coefficient (Wildman–Crippen LogP) is 3.46. The molecular formula is C22H23ClN2O5. The first-order valence-electron chi connectivity index (χ1n) is 9.61. The fourth-order valence-corrected chi connectivity index (χ4v) is 3.72. The molecule has 0 atom stereocenters. The fourth-order valence-electron chi connectivity index (χ4n) is 3.46. The molecule has 0 radical (unpaired) electrons. The summed E-state index contributed by atoms with van der Waals surface area (Å²) in [6.07, 6.45) is 9.45. The number of esters is 2. The number of piperidine rings is 1. The Kier molecular flexibility index (Phi) is 6.95. The second kappa shape index (κ2) is 9.63. The Balaban J connectivity index is 2.00. The Morgan fingerprint density at radius 2 is 1.67 bits per heavy atom. The Morgan fingerprint density at radius 3 is 2.30 bits per heavy atom. The molecule has 0 aliphatic carbocycles. The van der Waals surface area contributed by atoms with E-state index in [1.54, 1.807) is 41.5 Å². The number of amides is 1. The van der Waals surface area contributed by atoms with Crippen LogP contribution in [0.15, 0.2) is 53.9 Å². The van der Waals surface area contributed by atoms with Gasteiger partial charge in [0.2, 0.25) is 0 Å². The van der Waals surface area contributed by atoms with Gasteiger partial charge in [-0.1, -0.05) is 17.7 Å². The molecule has 0 bridgehead atoms. The SMILES string of the molecule is COC(=O)C1=C(C(=O)OC)N(c2ccc(C(=O)N3CCCCC3)c(Cl)c2)C=CC=C1. The van der Waals surface area contributed by atoms with Crippen LogP contribution in [-0.2, 0) is 19.1 Å². The molecule has 1 amide bonds. The fraction of sp³-hybridized carbons (Fsp3) is 0.318. The molecule has 158 valence electrons. The van der Waals surface area contributed by atoms with Gasteiger partial charge in [-0.25, -0.2) is 9.59 Å². The van der Waals surface area contributed by atoms with Gasteiger partial charge in [0.1, 0.15) is 5.70 Å². The van der Waals surface area contributed by atoms with Gasteiger partial charge in [-0.3, -0.25) is 4.79 Å². The van der Waals surface area contributed by atoms with Crippen LogP contribution in [-0.4, -0.2) is 50.1 Å². The van der Waals surface area contributed by atoms with Gasteiger partial charge in [-0.15, -0.1) is 0 Å². The average Bonchev–Trinajstić information content (AvgIpc) is 3.01. The predicted molar refractivity (Wildman–Crippen MR) is 113 cm³/mol. The van der Waals surface area contributed by atoms with Crippen LogP contribution in [0.5, 0.6) is 0 Å². The molecule has 0 unspecified atom stereocenters. The van der Waals surface area contributed by atoms with Gasteiger partial charge in [-0.2, -0.15) is 0 Å². The largest absolute Gasteiger partial charge is 0.465 e. The summed E-state index contributed by atoms with van der Waals surface area (Å²) in [5.74, 6) is -1.50. The first kappa shape index (κ1) is 21.6. The van der Waals surface area contributed by atoms with Crippen molar-refractivity contribution in [3.8, 4) is 0 Å². The van der Waals surface area contributed by atoms with Crippen molar-refractivity contribution in [3.63, 3.8) is 0 Å². The maximum absolute atomic E-state index is 12.8. The highest BCUT2D eigenvalue weighted by Crippen LogP contribution is 2.31. The van der Waals surface area contributed by atoms with E-state index in [1.807, 2.05) is 0 Å². The monoisotopic (exact) mass is 430 g/mol. The number of anilines is 1. The second-order valence-corrected chi connectivity index (χ2v) is 7.24. The summed E-state index contributed by atoms with van der Waals surface area (Å²) in [6, 6.07) is 4.90. The van der Waals surface area contributed by atoms with Crippen LogP contribution in [0, 0.1) is 0 Å². The van der Waals surface area contributed by atoms with Crippen LogP contribution >= 0.6 is 11.6 Å². The standard InChI is InChI=1S/C22H23ClN2O5/c1-29-21(27)17-8-4-7-13-25(19(17)22(28)30-2)15-9-10-16(18(23)14-15)20(26)24-11-5-3-6-12-24/h4,7-10,13-14H,3,5-6,11-12H2,1-2H3. The highest BCUT2D eigenvalue weighted by molar-refractivity contribution is 6.34. The number of likely N-dealkylation sites (tertiary alicyclic amines) is 1. The van der Waals surface area contributed by atoms with Crippen LogP contribution in [0.25, 0.3) is 0 Å². The zero-order chi connectivity index (χ0) is 21.7. The number of rotatable bonds is 4. The number of carbonyl (C=O) groups is 3. The van der Waals surface area contributed by atoms with E-state index in [0.717, 1.165) is 32.4 Å². The zero-order valence-corrected chi connectivity index (χ0v) is 17.6. The van der Waals surface area contributed by atoms with Crippen LogP contribution in [0.3, 0.4) is 0 Å². The number of allylic oxidation sites excluding steroid dienone is 2. The second-order valence-electron chi connectivity index (χ2n) is 6.83. The minimum Gasteiger partial charge on any atom is -0.465 e. The number of hydrogen-bond donors (Lipinski definition) is 0. The molecule has 0 saturated carbocycles. The van der Waals surface area contributed by atoms with Crippen molar-refractivity contribution >= 4 is 35.1 Å². The topological polar surface area (TPSA) is 76.2 Å². The maximum Gasteiger partial charge on any atom is 0.355 e. The van der Waals surface area contributed by atoms with Crippen LogP contribution < -0.4 is 4.90 Å². The third kappa shape index (κ3) is 4.41. The van der Waals surface area contributed by atoms with E-state index in [-0.39, 0.29) is 22.2 Å². The van der Waals surface area contributed by atoms with Crippen molar-refractivity contribution in [2.45, 2.75) is 19.3 Å². The lowest BCUT2D eigenvalue weighted by Gasteiger charge is -2.27. The van der Waals surface area contributed by atoms with E-state index in [0.29, 0.717) is 11.3 Å². The number of methoxy groups -OCH3 is 2. The summed E-state index contributed by atoms with van der Waals surface area (Å²) in [5.41, 5.74) is 0.924. The number of benzene rings is 1. The minimum atomic E-state index is -0.712. The molecule has 1 saturated heterocycles. The lowest BCUT2D eigenvalue weighted by molar-refractivity contribution is -0.139. The smallest absolute Gasteiger partial charge is 0.355 e. The molecule has 2 aliphatic heterocycles. The molecule has 8 heteroatoms. The summed E-state index contributed by atoms with van der Waals surface area (Å²) in [6.45, 7) is 1.43. The van der Waals surface area contributed by atoms with E-state index < -0.39 is 11.9 Å². The molecule has 30 heavy (non-hydrogen) atoms. The molecule has 7 nitrogen and oxygen atoms in total. The van der Waals surface area contributed by atoms with Crippen molar-refractivity contribution in [2.75, 3.05) is 32.2 Å². The van der Waals surface area contributed by atoms with Gasteiger partial charge < -0.3 is 19.3 Å². The van der Waals surface area contributed by atoms with Crippen molar-refractivity contribution < 1.29 is 23.9 Å². The van der Waals surface area contributed by atoms with Gasteiger partial charge in [-0.05, 0) is 49.6 Å². The Labute approximate surface area is 180 Å². The Hall–Kier alpha value is -3.06. The highest BCUT2D eigenvalue weighted by Gasteiger charge is 2.28. The van der Waals surface area contributed by atoms with E-state index in [1.165, 1.54) is 25.2 Å². The summed E-state index contributed by atoms with van der Waals surface area (Å²) < 4.78 is 9.69. The molecule has 2 aliphatic rings. The van der Waals surface area contributed by atoms with Crippen LogP contribution in [0.4, 0.5) is 5.69 Å². The highest BCUT2D eigenvalue weighted by atomic mass is 35.5. The third-order valence-corrected chi connectivity index (χ3v) is 5.31.